The van der Waals surface area contributed by atoms with Gasteiger partial charge in [-0.05, 0) is 19.4 Å². The van der Waals surface area contributed by atoms with E-state index in [0.717, 1.165) is 0 Å². The molecule has 0 N–H and O–H groups in total. The number of allylic oxidation sites excluding steroid dienone is 1. The van der Waals surface area contributed by atoms with Crippen LogP contribution in [0.1, 0.15) is 13.3 Å². The summed E-state index contributed by atoms with van der Waals surface area (Å²) in [6.07, 6.45) is 1.86. The highest BCUT2D eigenvalue weighted by Crippen LogP contribution is 2.07. The third-order valence-corrected chi connectivity index (χ3v) is 1.47. The Balaban J connectivity index is 4.32. The molecule has 12 heavy (non-hydrogen) atoms. The van der Waals surface area contributed by atoms with Gasteiger partial charge in [0.05, 0.1) is 7.11 Å². The van der Waals surface area contributed by atoms with E-state index >= 15 is 0 Å². The van der Waals surface area contributed by atoms with E-state index in [1.807, 2.05) is 0 Å². The van der Waals surface area contributed by atoms with Crippen LogP contribution in [0.4, 0.5) is 0 Å². The summed E-state index contributed by atoms with van der Waals surface area (Å²) in [6, 6.07) is 0. The SMILES string of the molecule is C=C=CCC(C(C)=O)C(=O)OC. The molecule has 0 saturated heterocycles. The smallest absolute Gasteiger partial charge is 0.316 e. The van der Waals surface area contributed by atoms with Gasteiger partial charge in [0.15, 0.2) is 0 Å². The van der Waals surface area contributed by atoms with Crippen molar-refractivity contribution in [1.29, 1.82) is 0 Å². The van der Waals surface area contributed by atoms with Crippen molar-refractivity contribution in [1.82, 2.24) is 0 Å². The Morgan fingerprint density at radius 2 is 2.25 bits per heavy atom. The Hall–Kier alpha value is -1.34. The molecular formula is C9H12O3. The van der Waals surface area contributed by atoms with Crippen molar-refractivity contribution < 1.29 is 14.3 Å². The van der Waals surface area contributed by atoms with Crippen LogP contribution in [0.2, 0.25) is 0 Å². The zero-order valence-electron chi connectivity index (χ0n) is 7.29. The second-order valence-corrected chi connectivity index (χ2v) is 2.33. The fraction of sp³-hybridized carbons (Fsp3) is 0.444. The lowest BCUT2D eigenvalue weighted by atomic mass is 10.0. The number of ether oxygens (including phenoxy) is 1. The van der Waals surface area contributed by atoms with Gasteiger partial charge in [-0.15, -0.1) is 5.73 Å². The second-order valence-electron chi connectivity index (χ2n) is 2.33. The van der Waals surface area contributed by atoms with Crippen LogP contribution in [-0.2, 0) is 14.3 Å². The van der Waals surface area contributed by atoms with Crippen molar-refractivity contribution in [3.05, 3.63) is 18.4 Å². The summed E-state index contributed by atoms with van der Waals surface area (Å²) in [4.78, 5) is 21.8. The van der Waals surface area contributed by atoms with Crippen LogP contribution in [0, 0.1) is 5.92 Å². The first-order valence-electron chi connectivity index (χ1n) is 3.56. The number of rotatable bonds is 4. The molecule has 0 radical (unpaired) electrons. The van der Waals surface area contributed by atoms with Crippen LogP contribution in [0.5, 0.6) is 0 Å². The normalized spacial score (nSPS) is 11.2. The molecule has 66 valence electrons. The van der Waals surface area contributed by atoms with E-state index in [4.69, 9.17) is 0 Å². The molecule has 1 atom stereocenters. The summed E-state index contributed by atoms with van der Waals surface area (Å²) in [7, 11) is 1.26. The molecule has 0 heterocycles. The van der Waals surface area contributed by atoms with E-state index in [1.165, 1.54) is 14.0 Å². The first-order valence-corrected chi connectivity index (χ1v) is 3.56. The van der Waals surface area contributed by atoms with Crippen molar-refractivity contribution >= 4 is 11.8 Å². The Bertz CT molecular complexity index is 224. The number of carbonyl (C=O) groups is 2. The molecule has 3 heteroatoms. The maximum absolute atomic E-state index is 10.9. The van der Waals surface area contributed by atoms with Crippen LogP contribution < -0.4 is 0 Å². The molecule has 3 nitrogen and oxygen atoms in total. The van der Waals surface area contributed by atoms with Gasteiger partial charge in [-0.25, -0.2) is 0 Å². The number of methoxy groups -OCH3 is 1. The van der Waals surface area contributed by atoms with Crippen LogP contribution >= 0.6 is 0 Å². The fourth-order valence-corrected chi connectivity index (χ4v) is 0.772. The molecule has 0 aromatic rings. The molecule has 0 fully saturated rings. The first-order chi connectivity index (χ1) is 5.63. The van der Waals surface area contributed by atoms with Crippen molar-refractivity contribution in [2.45, 2.75) is 13.3 Å². The molecule has 0 aliphatic rings. The highest BCUT2D eigenvalue weighted by Gasteiger charge is 2.22. The van der Waals surface area contributed by atoms with Gasteiger partial charge in [-0.2, -0.15) is 0 Å². The molecule has 0 aromatic carbocycles. The van der Waals surface area contributed by atoms with E-state index in [1.54, 1.807) is 6.08 Å². The first kappa shape index (κ1) is 10.7. The van der Waals surface area contributed by atoms with E-state index < -0.39 is 11.9 Å². The number of hydrogen-bond acceptors (Lipinski definition) is 3. The van der Waals surface area contributed by atoms with Crippen LogP contribution in [-0.4, -0.2) is 18.9 Å². The number of Topliss-reactive ketones (excluding diaryl/α,β-unsaturated/α-hetero) is 1. The van der Waals surface area contributed by atoms with Gasteiger partial charge in [0, 0.05) is 0 Å². The Labute approximate surface area is 71.7 Å². The van der Waals surface area contributed by atoms with Gasteiger partial charge in [-0.3, -0.25) is 9.59 Å². The zero-order chi connectivity index (χ0) is 9.56. The highest BCUT2D eigenvalue weighted by molar-refractivity contribution is 5.97. The monoisotopic (exact) mass is 168 g/mol. The largest absolute Gasteiger partial charge is 0.468 e. The van der Waals surface area contributed by atoms with Gasteiger partial charge >= 0.3 is 5.97 Å². The molecule has 0 aliphatic carbocycles. The number of ketones is 1. The number of carbonyl (C=O) groups excluding carboxylic acids is 2. The maximum Gasteiger partial charge on any atom is 0.316 e. The summed E-state index contributed by atoms with van der Waals surface area (Å²) in [5.41, 5.74) is 2.50. The molecule has 0 aromatic heterocycles. The van der Waals surface area contributed by atoms with Crippen molar-refractivity contribution in [2.24, 2.45) is 5.92 Å². The fourth-order valence-electron chi connectivity index (χ4n) is 0.772. The van der Waals surface area contributed by atoms with E-state index in [0.29, 0.717) is 6.42 Å². The van der Waals surface area contributed by atoms with Gasteiger partial charge in [0.2, 0.25) is 0 Å². The quantitative estimate of drug-likeness (QED) is 0.358. The highest BCUT2D eigenvalue weighted by atomic mass is 16.5. The molecule has 0 bridgehead atoms. The van der Waals surface area contributed by atoms with E-state index in [2.05, 4.69) is 17.0 Å². The lowest BCUT2D eigenvalue weighted by Crippen LogP contribution is -2.22. The van der Waals surface area contributed by atoms with Crippen molar-refractivity contribution in [3.63, 3.8) is 0 Å². The Morgan fingerprint density at radius 1 is 1.67 bits per heavy atom. The van der Waals surface area contributed by atoms with Gasteiger partial charge in [-0.1, -0.05) is 6.58 Å². The molecule has 0 aliphatic heterocycles. The molecule has 0 spiro atoms. The average molecular weight is 168 g/mol. The van der Waals surface area contributed by atoms with E-state index in [-0.39, 0.29) is 5.78 Å². The minimum atomic E-state index is -0.704. The molecular weight excluding hydrogens is 156 g/mol. The standard InChI is InChI=1S/C9H12O3/c1-4-5-6-8(7(2)10)9(11)12-3/h5,8H,1,6H2,2-3H3. The van der Waals surface area contributed by atoms with Gasteiger partial charge < -0.3 is 4.74 Å². The third-order valence-electron chi connectivity index (χ3n) is 1.47. The zero-order valence-corrected chi connectivity index (χ0v) is 7.29. The minimum Gasteiger partial charge on any atom is -0.468 e. The van der Waals surface area contributed by atoms with Crippen LogP contribution in [0.3, 0.4) is 0 Å². The predicted octanol–water partition coefficient (Wildman–Crippen LogP) is 1.10. The molecule has 0 saturated carbocycles. The summed E-state index contributed by atoms with van der Waals surface area (Å²) in [5, 5.41) is 0. The van der Waals surface area contributed by atoms with Crippen molar-refractivity contribution in [3.8, 4) is 0 Å². The average Bonchev–Trinajstić information content (AvgIpc) is 2.04. The number of esters is 1. The van der Waals surface area contributed by atoms with Gasteiger partial charge in [0.25, 0.3) is 0 Å². The predicted molar refractivity (Wildman–Crippen MR) is 44.5 cm³/mol. The Kier molecular flexibility index (Phi) is 4.73. The van der Waals surface area contributed by atoms with E-state index in [9.17, 15) is 9.59 Å². The summed E-state index contributed by atoms with van der Waals surface area (Å²) < 4.78 is 4.44. The summed E-state index contributed by atoms with van der Waals surface area (Å²) >= 11 is 0. The lowest BCUT2D eigenvalue weighted by Gasteiger charge is -2.07. The lowest BCUT2D eigenvalue weighted by molar-refractivity contribution is -0.148. The molecule has 0 rings (SSSR count). The maximum atomic E-state index is 10.9. The minimum absolute atomic E-state index is 0.201. The molecule has 0 amide bonds. The third kappa shape index (κ3) is 3.17. The van der Waals surface area contributed by atoms with Crippen molar-refractivity contribution in [2.75, 3.05) is 7.11 Å². The Morgan fingerprint density at radius 3 is 2.58 bits per heavy atom. The summed E-state index contributed by atoms with van der Waals surface area (Å²) in [5.74, 6) is -1.41. The summed E-state index contributed by atoms with van der Waals surface area (Å²) in [6.45, 7) is 4.69. The van der Waals surface area contributed by atoms with Crippen LogP contribution in [0.25, 0.3) is 0 Å². The molecule has 1 unspecified atom stereocenters. The van der Waals surface area contributed by atoms with Crippen LogP contribution in [0.15, 0.2) is 18.4 Å². The topological polar surface area (TPSA) is 43.4 Å². The second kappa shape index (κ2) is 5.33. The van der Waals surface area contributed by atoms with Gasteiger partial charge in [0.1, 0.15) is 11.7 Å². The number of hydrogen-bond donors (Lipinski definition) is 0.